The van der Waals surface area contributed by atoms with Gasteiger partial charge in [0, 0.05) is 24.3 Å². The minimum atomic E-state index is -0.912. The van der Waals surface area contributed by atoms with Gasteiger partial charge in [-0.15, -0.1) is 0 Å². The lowest BCUT2D eigenvalue weighted by atomic mass is 9.82. The van der Waals surface area contributed by atoms with Gasteiger partial charge in [-0.3, -0.25) is 14.4 Å². The van der Waals surface area contributed by atoms with Crippen molar-refractivity contribution in [3.05, 3.63) is 42.0 Å². The van der Waals surface area contributed by atoms with Crippen molar-refractivity contribution in [1.29, 1.82) is 0 Å². The molecule has 2 N–H and O–H groups in total. The van der Waals surface area contributed by atoms with Crippen LogP contribution < -0.4 is 5.32 Å². The van der Waals surface area contributed by atoms with E-state index in [9.17, 15) is 19.5 Å². The lowest BCUT2D eigenvalue weighted by Crippen LogP contribution is -2.36. The van der Waals surface area contributed by atoms with Gasteiger partial charge in [0.1, 0.15) is 0 Å². The molecular formula is C22H28N2O4. The first kappa shape index (κ1) is 20.1. The second-order valence-corrected chi connectivity index (χ2v) is 7.70. The average Bonchev–Trinajstić information content (AvgIpc) is 3.29. The number of carbonyl (C=O) groups excluding carboxylic acids is 2. The molecule has 2 amide bonds. The molecule has 0 aromatic heterocycles. The Bertz CT molecular complexity index is 765. The number of nitrogens with one attached hydrogen (secondary N) is 1. The van der Waals surface area contributed by atoms with Crippen molar-refractivity contribution in [3.8, 4) is 0 Å². The first-order valence-electron chi connectivity index (χ1n) is 10.1. The molecule has 0 spiro atoms. The zero-order valence-corrected chi connectivity index (χ0v) is 16.4. The van der Waals surface area contributed by atoms with E-state index < -0.39 is 17.8 Å². The fourth-order valence-electron chi connectivity index (χ4n) is 4.48. The molecule has 2 aliphatic carbocycles. The number of carboxylic acid groups (broad SMARTS) is 1. The molecule has 0 heterocycles. The molecule has 2 bridgehead atoms. The van der Waals surface area contributed by atoms with Crippen molar-refractivity contribution in [2.24, 2.45) is 23.7 Å². The summed E-state index contributed by atoms with van der Waals surface area (Å²) in [6, 6.07) is 6.84. The van der Waals surface area contributed by atoms with E-state index in [0.717, 1.165) is 32.4 Å². The third kappa shape index (κ3) is 3.96. The summed E-state index contributed by atoms with van der Waals surface area (Å²) >= 11 is 0. The summed E-state index contributed by atoms with van der Waals surface area (Å²) in [5.74, 6) is -2.45. The van der Waals surface area contributed by atoms with Gasteiger partial charge in [-0.05, 0) is 55.4 Å². The summed E-state index contributed by atoms with van der Waals surface area (Å²) in [6.07, 6.45) is 6.43. The van der Waals surface area contributed by atoms with Gasteiger partial charge in [-0.25, -0.2) is 0 Å². The number of anilines is 1. The zero-order valence-electron chi connectivity index (χ0n) is 16.4. The number of amides is 2. The number of rotatable bonds is 8. The molecule has 0 aliphatic heterocycles. The van der Waals surface area contributed by atoms with Crippen molar-refractivity contribution >= 4 is 23.5 Å². The smallest absolute Gasteiger partial charge is 0.307 e. The van der Waals surface area contributed by atoms with E-state index in [1.807, 2.05) is 30.9 Å². The summed E-state index contributed by atoms with van der Waals surface area (Å²) in [7, 11) is 0. The third-order valence-electron chi connectivity index (χ3n) is 5.72. The fourth-order valence-corrected chi connectivity index (χ4v) is 4.48. The highest BCUT2D eigenvalue weighted by Crippen LogP contribution is 2.48. The third-order valence-corrected chi connectivity index (χ3v) is 5.72. The van der Waals surface area contributed by atoms with Crippen LogP contribution in [-0.2, 0) is 9.59 Å². The number of benzene rings is 1. The molecule has 0 saturated heterocycles. The Morgan fingerprint density at radius 3 is 2.11 bits per heavy atom. The van der Waals surface area contributed by atoms with Crippen molar-refractivity contribution in [3.63, 3.8) is 0 Å². The number of nitrogens with zero attached hydrogens (tertiary/aromatic N) is 1. The van der Waals surface area contributed by atoms with Gasteiger partial charge < -0.3 is 15.3 Å². The lowest BCUT2D eigenvalue weighted by molar-refractivity contribution is -0.146. The van der Waals surface area contributed by atoms with E-state index in [0.29, 0.717) is 11.3 Å². The molecule has 28 heavy (non-hydrogen) atoms. The first-order chi connectivity index (χ1) is 13.5. The van der Waals surface area contributed by atoms with E-state index >= 15 is 0 Å². The van der Waals surface area contributed by atoms with Crippen molar-refractivity contribution in [2.75, 3.05) is 18.4 Å². The minimum Gasteiger partial charge on any atom is -0.481 e. The predicted molar refractivity (Wildman–Crippen MR) is 107 cm³/mol. The van der Waals surface area contributed by atoms with Crippen LogP contribution in [0, 0.1) is 23.7 Å². The maximum Gasteiger partial charge on any atom is 0.307 e. The van der Waals surface area contributed by atoms with E-state index in [-0.39, 0.29) is 23.7 Å². The molecule has 0 radical (unpaired) electrons. The molecule has 1 saturated carbocycles. The topological polar surface area (TPSA) is 86.7 Å². The Morgan fingerprint density at radius 1 is 1.00 bits per heavy atom. The Kier molecular flexibility index (Phi) is 6.17. The van der Waals surface area contributed by atoms with Crippen molar-refractivity contribution in [1.82, 2.24) is 4.90 Å². The second kappa shape index (κ2) is 8.59. The predicted octanol–water partition coefficient (Wildman–Crippen LogP) is 3.41. The zero-order chi connectivity index (χ0) is 20.3. The Hall–Kier alpha value is -2.63. The Balaban J connectivity index is 1.67. The van der Waals surface area contributed by atoms with Crippen LogP contribution in [0.25, 0.3) is 0 Å². The largest absolute Gasteiger partial charge is 0.481 e. The van der Waals surface area contributed by atoms with Gasteiger partial charge in [-0.2, -0.15) is 0 Å². The molecule has 6 nitrogen and oxygen atoms in total. The summed E-state index contributed by atoms with van der Waals surface area (Å²) in [6.45, 7) is 5.53. The van der Waals surface area contributed by atoms with E-state index in [2.05, 4.69) is 5.32 Å². The first-order valence-corrected chi connectivity index (χ1v) is 10.1. The van der Waals surface area contributed by atoms with Crippen LogP contribution in [-0.4, -0.2) is 40.9 Å². The van der Waals surface area contributed by atoms with E-state index in [4.69, 9.17) is 0 Å². The van der Waals surface area contributed by atoms with Crippen LogP contribution in [0.3, 0.4) is 0 Å². The quantitative estimate of drug-likeness (QED) is 0.673. The number of aliphatic carboxylic acids is 1. The summed E-state index contributed by atoms with van der Waals surface area (Å²) in [5.41, 5.74) is 1.17. The van der Waals surface area contributed by atoms with Gasteiger partial charge >= 0.3 is 5.97 Å². The summed E-state index contributed by atoms with van der Waals surface area (Å²) < 4.78 is 0. The maximum atomic E-state index is 12.7. The normalized spacial score (nSPS) is 24.9. The van der Waals surface area contributed by atoms with Crippen LogP contribution >= 0.6 is 0 Å². The van der Waals surface area contributed by atoms with Gasteiger partial charge in [-0.1, -0.05) is 26.0 Å². The van der Waals surface area contributed by atoms with E-state index in [1.54, 1.807) is 24.3 Å². The van der Waals surface area contributed by atoms with Gasteiger partial charge in [0.05, 0.1) is 11.8 Å². The number of hydrogen-bond acceptors (Lipinski definition) is 3. The highest BCUT2D eigenvalue weighted by molar-refractivity contribution is 5.98. The number of allylic oxidation sites excluding steroid dienone is 2. The average molecular weight is 384 g/mol. The standard InChI is InChI=1S/C22H28N2O4/c1-3-11-24(12-4-2)21(26)14-7-9-17(10-8-14)23-20(25)18-15-5-6-16(13-15)19(18)22(27)28/h5-10,15-16,18-19H,3-4,11-13H2,1-2H3,(H,23,25)(H,27,28). The monoisotopic (exact) mass is 384 g/mol. The molecule has 1 aromatic rings. The SMILES string of the molecule is CCCN(CCC)C(=O)c1ccc(NC(=O)C2C3C=CC(C3)C2C(=O)O)cc1. The van der Waals surface area contributed by atoms with Crippen molar-refractivity contribution in [2.45, 2.75) is 33.1 Å². The molecule has 3 rings (SSSR count). The number of hydrogen-bond donors (Lipinski definition) is 2. The lowest BCUT2D eigenvalue weighted by Gasteiger charge is -2.24. The minimum absolute atomic E-state index is 0.00856. The van der Waals surface area contributed by atoms with Crippen molar-refractivity contribution < 1.29 is 19.5 Å². The Morgan fingerprint density at radius 2 is 1.57 bits per heavy atom. The molecule has 2 aliphatic rings. The van der Waals surface area contributed by atoms with Gasteiger partial charge in [0.25, 0.3) is 5.91 Å². The summed E-state index contributed by atoms with van der Waals surface area (Å²) in [5, 5.41) is 12.3. The van der Waals surface area contributed by atoms with Crippen LogP contribution in [0.2, 0.25) is 0 Å². The highest BCUT2D eigenvalue weighted by Gasteiger charge is 2.51. The molecule has 1 aromatic carbocycles. The molecule has 4 unspecified atom stereocenters. The molecule has 1 fully saturated rings. The van der Waals surface area contributed by atoms with Gasteiger partial charge in [0.2, 0.25) is 5.91 Å². The molecular weight excluding hydrogens is 356 g/mol. The van der Waals surface area contributed by atoms with Crippen LogP contribution in [0.15, 0.2) is 36.4 Å². The fraction of sp³-hybridized carbons (Fsp3) is 0.500. The van der Waals surface area contributed by atoms with E-state index in [1.165, 1.54) is 0 Å². The van der Waals surface area contributed by atoms with Crippen LogP contribution in [0.4, 0.5) is 5.69 Å². The number of carbonyl (C=O) groups is 3. The molecule has 6 heteroatoms. The van der Waals surface area contributed by atoms with Crippen LogP contribution in [0.1, 0.15) is 43.5 Å². The number of carboxylic acids is 1. The molecule has 150 valence electrons. The summed E-state index contributed by atoms with van der Waals surface area (Å²) in [4.78, 5) is 38.8. The number of fused-ring (bicyclic) bond motifs is 2. The highest BCUT2D eigenvalue weighted by atomic mass is 16.4. The Labute approximate surface area is 165 Å². The van der Waals surface area contributed by atoms with Gasteiger partial charge in [0.15, 0.2) is 0 Å². The maximum absolute atomic E-state index is 12.7. The molecule has 4 atom stereocenters. The second-order valence-electron chi connectivity index (χ2n) is 7.70. The van der Waals surface area contributed by atoms with Crippen LogP contribution in [0.5, 0.6) is 0 Å².